The second kappa shape index (κ2) is 5.30. The molecule has 3 N–H and O–H groups in total. The maximum atomic E-state index is 12.3. The fourth-order valence-electron chi connectivity index (χ4n) is 2.68. The number of carbonyl (C=O) groups is 2. The van der Waals surface area contributed by atoms with Gasteiger partial charge in [0.15, 0.2) is 0 Å². The summed E-state index contributed by atoms with van der Waals surface area (Å²) in [5, 5.41) is 9.48. The molecule has 2 fully saturated rings. The summed E-state index contributed by atoms with van der Waals surface area (Å²) in [6, 6.07) is -0.887. The van der Waals surface area contributed by atoms with Crippen LogP contribution < -0.4 is 5.73 Å². The largest absolute Gasteiger partial charge is 0.391 e. The van der Waals surface area contributed by atoms with E-state index in [4.69, 9.17) is 5.73 Å². The molecule has 108 valence electrons. The highest BCUT2D eigenvalue weighted by molar-refractivity contribution is 8.00. The molecule has 0 radical (unpaired) electrons. The molecule has 0 aromatic heterocycles. The van der Waals surface area contributed by atoms with Gasteiger partial charge in [0.2, 0.25) is 11.8 Å². The Bertz CT molecular complexity index is 390. The van der Waals surface area contributed by atoms with Crippen LogP contribution in [0.4, 0.5) is 0 Å². The van der Waals surface area contributed by atoms with Gasteiger partial charge in [-0.2, -0.15) is 0 Å². The minimum atomic E-state index is -0.887. The number of carbonyl (C=O) groups excluding carboxylic acids is 2. The van der Waals surface area contributed by atoms with Crippen molar-refractivity contribution in [3.8, 4) is 0 Å². The van der Waals surface area contributed by atoms with E-state index in [0.29, 0.717) is 19.6 Å². The summed E-state index contributed by atoms with van der Waals surface area (Å²) in [6.45, 7) is 4.94. The lowest BCUT2D eigenvalue weighted by atomic mass is 10.1. The van der Waals surface area contributed by atoms with Gasteiger partial charge >= 0.3 is 0 Å². The molecule has 19 heavy (non-hydrogen) atoms. The molecule has 2 amide bonds. The number of nitrogens with two attached hydrogens (primary N) is 1. The smallest absolute Gasteiger partial charge is 0.243 e. The highest BCUT2D eigenvalue weighted by atomic mass is 32.2. The summed E-state index contributed by atoms with van der Waals surface area (Å²) in [5.41, 5.74) is 5.75. The Morgan fingerprint density at radius 1 is 1.42 bits per heavy atom. The third-order valence-electron chi connectivity index (χ3n) is 3.90. The molecule has 1 unspecified atom stereocenters. The number of hydrogen-bond donors (Lipinski definition) is 2. The third kappa shape index (κ3) is 2.59. The summed E-state index contributed by atoms with van der Waals surface area (Å²) in [7, 11) is 0. The maximum Gasteiger partial charge on any atom is 0.243 e. The molecule has 0 aromatic rings. The van der Waals surface area contributed by atoms with E-state index in [-0.39, 0.29) is 16.7 Å². The van der Waals surface area contributed by atoms with Gasteiger partial charge in [-0.15, -0.1) is 11.8 Å². The molecule has 3 atom stereocenters. The summed E-state index contributed by atoms with van der Waals surface area (Å²) < 4.78 is 0. The second-order valence-electron chi connectivity index (χ2n) is 5.24. The number of amides is 2. The van der Waals surface area contributed by atoms with E-state index < -0.39 is 12.1 Å². The van der Waals surface area contributed by atoms with Crippen molar-refractivity contribution < 1.29 is 14.7 Å². The fraction of sp³-hybridized carbons (Fsp3) is 0.833. The Morgan fingerprint density at radius 3 is 2.63 bits per heavy atom. The molecule has 2 aliphatic heterocycles. The van der Waals surface area contributed by atoms with Gasteiger partial charge in [0, 0.05) is 25.8 Å². The molecule has 1 spiro atoms. The molecule has 0 aromatic carbocycles. The lowest BCUT2D eigenvalue weighted by Gasteiger charge is -2.35. The van der Waals surface area contributed by atoms with Crippen molar-refractivity contribution in [2.45, 2.75) is 37.3 Å². The van der Waals surface area contributed by atoms with Crippen LogP contribution >= 0.6 is 11.8 Å². The van der Waals surface area contributed by atoms with E-state index in [1.54, 1.807) is 28.5 Å². The highest BCUT2D eigenvalue weighted by Gasteiger charge is 2.50. The van der Waals surface area contributed by atoms with E-state index in [1.807, 2.05) is 0 Å². The summed E-state index contributed by atoms with van der Waals surface area (Å²) in [6.07, 6.45) is -0.0874. The molecule has 2 rings (SSSR count). The zero-order valence-electron chi connectivity index (χ0n) is 11.3. The molecule has 6 nitrogen and oxygen atoms in total. The third-order valence-corrected chi connectivity index (χ3v) is 5.38. The quantitative estimate of drug-likeness (QED) is 0.695. The van der Waals surface area contributed by atoms with E-state index >= 15 is 0 Å². The Balaban J connectivity index is 2.13. The van der Waals surface area contributed by atoms with E-state index in [0.717, 1.165) is 12.2 Å². The van der Waals surface area contributed by atoms with Crippen molar-refractivity contribution in [1.29, 1.82) is 0 Å². The first-order valence-electron chi connectivity index (χ1n) is 6.52. The normalized spacial score (nSPS) is 29.9. The monoisotopic (exact) mass is 287 g/mol. The summed E-state index contributed by atoms with van der Waals surface area (Å²) in [4.78, 5) is 27.0. The van der Waals surface area contributed by atoms with Gasteiger partial charge < -0.3 is 20.6 Å². The number of likely N-dealkylation sites (tertiary alicyclic amines) is 1. The van der Waals surface area contributed by atoms with Crippen LogP contribution in [0.25, 0.3) is 0 Å². The minimum Gasteiger partial charge on any atom is -0.391 e. The Kier molecular flexibility index (Phi) is 4.08. The zero-order valence-corrected chi connectivity index (χ0v) is 12.2. The molecule has 2 heterocycles. The SMILES string of the molecule is CC(=O)N1CCC2(C1)SCCN2C(=O)[C@@H](N)[C@@H](C)O. The first-order chi connectivity index (χ1) is 8.87. The Morgan fingerprint density at radius 2 is 2.11 bits per heavy atom. The van der Waals surface area contributed by atoms with Crippen LogP contribution in [0, 0.1) is 0 Å². The number of aliphatic hydroxyl groups is 1. The van der Waals surface area contributed by atoms with E-state index in [1.165, 1.54) is 6.92 Å². The predicted molar refractivity (Wildman–Crippen MR) is 73.4 cm³/mol. The topological polar surface area (TPSA) is 86.9 Å². The summed E-state index contributed by atoms with van der Waals surface area (Å²) in [5.74, 6) is 0.673. The van der Waals surface area contributed by atoms with Crippen LogP contribution in [0.1, 0.15) is 20.3 Å². The molecule has 7 heteroatoms. The summed E-state index contributed by atoms with van der Waals surface area (Å²) >= 11 is 1.71. The second-order valence-corrected chi connectivity index (χ2v) is 6.70. The van der Waals surface area contributed by atoms with Gasteiger partial charge in [-0.3, -0.25) is 9.59 Å². The lowest BCUT2D eigenvalue weighted by Crippen LogP contribution is -2.56. The average molecular weight is 287 g/mol. The van der Waals surface area contributed by atoms with Crippen molar-refractivity contribution in [2.24, 2.45) is 5.73 Å². The standard InChI is InChI=1S/C12H21N3O3S/c1-8(16)10(13)11(18)15-5-6-19-12(15)3-4-14(7-12)9(2)17/h8,10,16H,3-7,13H2,1-2H3/t8-,10+,12?/m1/s1. The van der Waals surface area contributed by atoms with E-state index in [2.05, 4.69) is 0 Å². The molecular weight excluding hydrogens is 266 g/mol. The molecule has 0 bridgehead atoms. The van der Waals surface area contributed by atoms with Crippen LogP contribution in [0.5, 0.6) is 0 Å². The van der Waals surface area contributed by atoms with Crippen molar-refractivity contribution in [3.05, 3.63) is 0 Å². The van der Waals surface area contributed by atoms with E-state index in [9.17, 15) is 14.7 Å². The first kappa shape index (κ1) is 14.6. The van der Waals surface area contributed by atoms with Gasteiger partial charge in [0.25, 0.3) is 0 Å². The molecule has 2 saturated heterocycles. The number of rotatable bonds is 2. The van der Waals surface area contributed by atoms with Crippen LogP contribution in [-0.4, -0.2) is 69.1 Å². The highest BCUT2D eigenvalue weighted by Crippen LogP contribution is 2.43. The Hall–Kier alpha value is -0.790. The first-order valence-corrected chi connectivity index (χ1v) is 7.50. The molecular formula is C12H21N3O3S. The van der Waals surface area contributed by atoms with Crippen molar-refractivity contribution in [1.82, 2.24) is 9.80 Å². The van der Waals surface area contributed by atoms with Crippen LogP contribution in [0.2, 0.25) is 0 Å². The fourth-order valence-corrected chi connectivity index (χ4v) is 4.15. The average Bonchev–Trinajstić information content (AvgIpc) is 2.95. The number of hydrogen-bond acceptors (Lipinski definition) is 5. The number of aliphatic hydroxyl groups excluding tert-OH is 1. The molecule has 2 aliphatic rings. The molecule has 0 saturated carbocycles. The number of thioether (sulfide) groups is 1. The number of nitrogens with zero attached hydrogens (tertiary/aromatic N) is 2. The minimum absolute atomic E-state index is 0.0385. The van der Waals surface area contributed by atoms with Crippen LogP contribution in [-0.2, 0) is 9.59 Å². The van der Waals surface area contributed by atoms with Crippen molar-refractivity contribution in [2.75, 3.05) is 25.4 Å². The van der Waals surface area contributed by atoms with Crippen molar-refractivity contribution in [3.63, 3.8) is 0 Å². The zero-order chi connectivity index (χ0) is 14.2. The Labute approximate surface area is 117 Å². The van der Waals surface area contributed by atoms with Gasteiger partial charge in [0.1, 0.15) is 10.9 Å². The lowest BCUT2D eigenvalue weighted by molar-refractivity contribution is -0.138. The maximum absolute atomic E-state index is 12.3. The van der Waals surface area contributed by atoms with Gasteiger partial charge in [-0.25, -0.2) is 0 Å². The van der Waals surface area contributed by atoms with Crippen LogP contribution in [0.3, 0.4) is 0 Å². The van der Waals surface area contributed by atoms with Gasteiger partial charge in [-0.1, -0.05) is 0 Å². The van der Waals surface area contributed by atoms with Crippen LogP contribution in [0.15, 0.2) is 0 Å². The van der Waals surface area contributed by atoms with Gasteiger partial charge in [0.05, 0.1) is 12.6 Å². The van der Waals surface area contributed by atoms with Crippen molar-refractivity contribution >= 4 is 23.6 Å². The van der Waals surface area contributed by atoms with Gasteiger partial charge in [-0.05, 0) is 13.3 Å². The predicted octanol–water partition coefficient (Wildman–Crippen LogP) is -0.782. The molecule has 0 aliphatic carbocycles.